The number of carboxylic acids is 1. The molecular formula is C16H11ClN4O4S. The minimum absolute atomic E-state index is 0.00501. The van der Waals surface area contributed by atoms with E-state index in [4.69, 9.17) is 33.3 Å². The molecule has 26 heavy (non-hydrogen) atoms. The fourth-order valence-electron chi connectivity index (χ4n) is 2.11. The van der Waals surface area contributed by atoms with Crippen LogP contribution < -0.4 is 5.56 Å². The summed E-state index contributed by atoms with van der Waals surface area (Å²) >= 11 is 10.9. The van der Waals surface area contributed by atoms with Crippen LogP contribution in [-0.2, 0) is 0 Å². The smallest absolute Gasteiger partial charge is 0.337 e. The molecule has 0 amide bonds. The number of H-pyrrole nitrogens is 1. The number of hydrogen-bond donors (Lipinski definition) is 2. The summed E-state index contributed by atoms with van der Waals surface area (Å²) in [6.45, 7) is 1.54. The first-order valence-corrected chi connectivity index (χ1v) is 8.01. The number of carboxylic acid groups (broad SMARTS) is 1. The molecule has 0 aliphatic carbocycles. The van der Waals surface area contributed by atoms with Gasteiger partial charge in [0.05, 0.1) is 16.8 Å². The van der Waals surface area contributed by atoms with E-state index in [9.17, 15) is 9.59 Å². The van der Waals surface area contributed by atoms with E-state index in [1.165, 1.54) is 25.3 Å². The predicted molar refractivity (Wildman–Crippen MR) is 97.5 cm³/mol. The van der Waals surface area contributed by atoms with E-state index in [1.54, 1.807) is 18.2 Å². The minimum Gasteiger partial charge on any atom is -0.478 e. The van der Waals surface area contributed by atoms with Gasteiger partial charge < -0.3 is 9.52 Å². The van der Waals surface area contributed by atoms with Crippen molar-refractivity contribution < 1.29 is 14.3 Å². The number of benzene rings is 1. The van der Waals surface area contributed by atoms with Crippen LogP contribution in [0.1, 0.15) is 21.8 Å². The normalized spacial score (nSPS) is 11.2. The molecule has 0 aliphatic heterocycles. The molecule has 132 valence electrons. The van der Waals surface area contributed by atoms with Gasteiger partial charge in [-0.3, -0.25) is 9.89 Å². The number of nitrogens with zero attached hydrogens (tertiary/aromatic N) is 3. The number of aromatic carboxylic acids is 1. The maximum atomic E-state index is 12.0. The number of carbonyl (C=O) groups is 1. The van der Waals surface area contributed by atoms with Crippen LogP contribution in [0.15, 0.2) is 44.6 Å². The number of aromatic nitrogens is 3. The molecule has 2 heterocycles. The van der Waals surface area contributed by atoms with Gasteiger partial charge in [0.2, 0.25) is 4.77 Å². The van der Waals surface area contributed by atoms with Crippen molar-refractivity contribution in [2.24, 2.45) is 5.10 Å². The Hall–Kier alpha value is -3.04. The molecule has 0 spiro atoms. The molecule has 3 rings (SSSR count). The topological polar surface area (TPSA) is 113 Å². The van der Waals surface area contributed by atoms with Gasteiger partial charge in [-0.1, -0.05) is 17.7 Å². The fourth-order valence-corrected chi connectivity index (χ4v) is 2.55. The minimum atomic E-state index is -1.11. The Kier molecular flexibility index (Phi) is 4.83. The maximum Gasteiger partial charge on any atom is 0.337 e. The lowest BCUT2D eigenvalue weighted by atomic mass is 10.1. The maximum absolute atomic E-state index is 12.0. The van der Waals surface area contributed by atoms with Gasteiger partial charge in [-0.15, -0.1) is 0 Å². The van der Waals surface area contributed by atoms with Gasteiger partial charge in [0.15, 0.2) is 0 Å². The molecule has 10 heteroatoms. The van der Waals surface area contributed by atoms with Crippen LogP contribution in [0, 0.1) is 11.7 Å². The van der Waals surface area contributed by atoms with Crippen molar-refractivity contribution in [1.82, 2.24) is 14.9 Å². The summed E-state index contributed by atoms with van der Waals surface area (Å²) in [7, 11) is 0. The average molecular weight is 391 g/mol. The standard InChI is InChI=1S/C16H11ClN4O4S/c1-8-14(22)21(16(26)20-19-8)18-7-10-3-5-13(25-10)9-2-4-11(15(23)24)12(17)6-9/h2-7H,1H3,(H,20,26)(H,23,24)/b18-7-. The van der Waals surface area contributed by atoms with E-state index in [-0.39, 0.29) is 21.1 Å². The molecule has 0 unspecified atom stereocenters. The van der Waals surface area contributed by atoms with Gasteiger partial charge in [0.25, 0.3) is 5.56 Å². The van der Waals surface area contributed by atoms with Crippen LogP contribution >= 0.6 is 23.8 Å². The SMILES string of the molecule is Cc1n[nH]c(=S)n(/N=C\c2ccc(-c3ccc(C(=O)O)c(Cl)c3)o2)c1=O. The van der Waals surface area contributed by atoms with Gasteiger partial charge in [0.1, 0.15) is 17.2 Å². The van der Waals surface area contributed by atoms with E-state index >= 15 is 0 Å². The van der Waals surface area contributed by atoms with Gasteiger partial charge in [0, 0.05) is 5.56 Å². The van der Waals surface area contributed by atoms with Crippen molar-refractivity contribution in [2.45, 2.75) is 6.92 Å². The van der Waals surface area contributed by atoms with E-state index in [0.717, 1.165) is 4.68 Å². The lowest BCUT2D eigenvalue weighted by molar-refractivity contribution is 0.0697. The average Bonchev–Trinajstić information content (AvgIpc) is 3.07. The molecule has 2 N–H and O–H groups in total. The van der Waals surface area contributed by atoms with Gasteiger partial charge in [-0.05, 0) is 43.4 Å². The zero-order valence-corrected chi connectivity index (χ0v) is 14.8. The number of aryl methyl sites for hydroxylation is 1. The molecule has 3 aromatic rings. The quantitative estimate of drug-likeness (QED) is 0.522. The van der Waals surface area contributed by atoms with Crippen LogP contribution in [-0.4, -0.2) is 32.2 Å². The van der Waals surface area contributed by atoms with Crippen molar-refractivity contribution in [1.29, 1.82) is 0 Å². The Morgan fingerprint density at radius 3 is 2.88 bits per heavy atom. The van der Waals surface area contributed by atoms with Crippen LogP contribution in [0.5, 0.6) is 0 Å². The van der Waals surface area contributed by atoms with Crippen LogP contribution in [0.2, 0.25) is 5.02 Å². The highest BCUT2D eigenvalue weighted by Gasteiger charge is 2.11. The summed E-state index contributed by atoms with van der Waals surface area (Å²) in [6.07, 6.45) is 1.33. The fraction of sp³-hybridized carbons (Fsp3) is 0.0625. The molecule has 2 aromatic heterocycles. The highest BCUT2D eigenvalue weighted by molar-refractivity contribution is 7.71. The summed E-state index contributed by atoms with van der Waals surface area (Å²) in [5.74, 6) is -0.272. The second kappa shape index (κ2) is 7.06. The second-order valence-corrected chi connectivity index (χ2v) is 5.97. The first-order valence-electron chi connectivity index (χ1n) is 7.22. The lowest BCUT2D eigenvalue weighted by Crippen LogP contribution is -2.22. The third kappa shape index (κ3) is 3.48. The van der Waals surface area contributed by atoms with E-state index in [1.807, 2.05) is 0 Å². The molecule has 0 radical (unpaired) electrons. The van der Waals surface area contributed by atoms with Crippen molar-refractivity contribution in [2.75, 3.05) is 0 Å². The number of rotatable bonds is 4. The number of furan rings is 1. The highest BCUT2D eigenvalue weighted by Crippen LogP contribution is 2.27. The molecule has 0 bridgehead atoms. The van der Waals surface area contributed by atoms with E-state index in [2.05, 4.69) is 15.3 Å². The number of hydrogen-bond acceptors (Lipinski definition) is 6. The molecule has 1 aromatic carbocycles. The van der Waals surface area contributed by atoms with Gasteiger partial charge in [-0.25, -0.2) is 4.79 Å². The number of halogens is 1. The molecule has 0 atom stereocenters. The van der Waals surface area contributed by atoms with E-state index in [0.29, 0.717) is 17.1 Å². The molecule has 0 saturated carbocycles. The summed E-state index contributed by atoms with van der Waals surface area (Å²) in [5.41, 5.74) is 0.399. The zero-order valence-electron chi connectivity index (χ0n) is 13.3. The van der Waals surface area contributed by atoms with Crippen LogP contribution in [0.3, 0.4) is 0 Å². The van der Waals surface area contributed by atoms with Crippen LogP contribution in [0.25, 0.3) is 11.3 Å². The predicted octanol–water partition coefficient (Wildman–Crippen LogP) is 3.10. The van der Waals surface area contributed by atoms with Crippen LogP contribution in [0.4, 0.5) is 0 Å². The third-order valence-electron chi connectivity index (χ3n) is 3.42. The summed E-state index contributed by atoms with van der Waals surface area (Å²) in [4.78, 5) is 23.0. The monoisotopic (exact) mass is 390 g/mol. The van der Waals surface area contributed by atoms with Crippen molar-refractivity contribution in [3.8, 4) is 11.3 Å². The highest BCUT2D eigenvalue weighted by atomic mass is 35.5. The largest absolute Gasteiger partial charge is 0.478 e. The first-order chi connectivity index (χ1) is 12.4. The molecule has 0 saturated heterocycles. The lowest BCUT2D eigenvalue weighted by Gasteiger charge is -2.01. The summed E-state index contributed by atoms with van der Waals surface area (Å²) in [6, 6.07) is 7.80. The molecular weight excluding hydrogens is 380 g/mol. The Morgan fingerprint density at radius 1 is 1.42 bits per heavy atom. The van der Waals surface area contributed by atoms with Gasteiger partial charge >= 0.3 is 5.97 Å². The second-order valence-electron chi connectivity index (χ2n) is 5.18. The number of aromatic amines is 1. The van der Waals surface area contributed by atoms with E-state index < -0.39 is 11.5 Å². The Labute approximate surface area is 156 Å². The Balaban J connectivity index is 1.91. The Morgan fingerprint density at radius 2 is 2.19 bits per heavy atom. The van der Waals surface area contributed by atoms with Crippen molar-refractivity contribution >= 4 is 36.0 Å². The molecule has 0 fully saturated rings. The van der Waals surface area contributed by atoms with Gasteiger partial charge in [-0.2, -0.15) is 14.9 Å². The summed E-state index contributed by atoms with van der Waals surface area (Å²) in [5, 5.41) is 19.4. The molecule has 8 nitrogen and oxygen atoms in total. The molecule has 0 aliphatic rings. The Bertz CT molecular complexity index is 1150. The summed E-state index contributed by atoms with van der Waals surface area (Å²) < 4.78 is 6.68. The third-order valence-corrected chi connectivity index (χ3v) is 4.00. The van der Waals surface area contributed by atoms with Crippen molar-refractivity contribution in [3.05, 3.63) is 67.5 Å². The van der Waals surface area contributed by atoms with Crippen molar-refractivity contribution in [3.63, 3.8) is 0 Å². The first kappa shape index (κ1) is 17.8. The zero-order chi connectivity index (χ0) is 18.8. The number of nitrogens with one attached hydrogen (secondary N) is 1.